The lowest BCUT2D eigenvalue weighted by atomic mass is 10.0. The Morgan fingerprint density at radius 3 is 2.46 bits per heavy atom. The van der Waals surface area contributed by atoms with Crippen molar-refractivity contribution in [1.82, 2.24) is 16.0 Å². The summed E-state index contributed by atoms with van der Waals surface area (Å²) < 4.78 is 0. The van der Waals surface area contributed by atoms with Gasteiger partial charge in [0.1, 0.15) is 0 Å². The number of carbonyl (C=O) groups excluding carboxylic acids is 1. The highest BCUT2D eigenvalue weighted by molar-refractivity contribution is 14.0. The molecular weight excluding hydrogens is 463 g/mol. The van der Waals surface area contributed by atoms with Gasteiger partial charge in [-0.25, -0.2) is 0 Å². The summed E-state index contributed by atoms with van der Waals surface area (Å²) in [5.41, 5.74) is 0.487. The molecule has 0 radical (unpaired) electrons. The maximum absolute atomic E-state index is 12.1. The van der Waals surface area contributed by atoms with Crippen LogP contribution in [0.25, 0.3) is 0 Å². The first-order chi connectivity index (χ1) is 11.9. The highest BCUT2D eigenvalue weighted by Crippen LogP contribution is 2.14. The molecule has 0 aliphatic heterocycles. The van der Waals surface area contributed by atoms with Crippen molar-refractivity contribution < 1.29 is 4.79 Å². The van der Waals surface area contributed by atoms with Crippen LogP contribution in [0.2, 0.25) is 5.02 Å². The number of rotatable bonds is 9. The van der Waals surface area contributed by atoms with E-state index in [1.807, 2.05) is 6.92 Å². The Morgan fingerprint density at radius 1 is 1.15 bits per heavy atom. The molecule has 0 saturated carbocycles. The van der Waals surface area contributed by atoms with Crippen molar-refractivity contribution in [2.75, 3.05) is 19.6 Å². The molecule has 1 amide bonds. The van der Waals surface area contributed by atoms with Gasteiger partial charge in [-0.15, -0.1) is 24.0 Å². The van der Waals surface area contributed by atoms with Crippen LogP contribution in [-0.2, 0) is 0 Å². The van der Waals surface area contributed by atoms with Gasteiger partial charge < -0.3 is 16.0 Å². The SMILES string of the molecule is CCNC(=NCCNC(=O)c1ccccc1Cl)NC(C)CCC(C)C.I. The topological polar surface area (TPSA) is 65.5 Å². The number of aliphatic imine (C=N–C) groups is 1. The molecule has 1 atom stereocenters. The van der Waals surface area contributed by atoms with E-state index in [0.717, 1.165) is 18.9 Å². The summed E-state index contributed by atoms with van der Waals surface area (Å²) >= 11 is 6.02. The Bertz CT molecular complexity index is 566. The second-order valence-corrected chi connectivity index (χ2v) is 6.92. The van der Waals surface area contributed by atoms with Crippen LogP contribution in [-0.4, -0.2) is 37.5 Å². The minimum Gasteiger partial charge on any atom is -0.357 e. The van der Waals surface area contributed by atoms with Crippen LogP contribution in [0.4, 0.5) is 0 Å². The predicted molar refractivity (Wildman–Crippen MR) is 122 cm³/mol. The van der Waals surface area contributed by atoms with Gasteiger partial charge in [0.15, 0.2) is 5.96 Å². The van der Waals surface area contributed by atoms with Crippen LogP contribution in [0.15, 0.2) is 29.3 Å². The normalized spacial score (nSPS) is 12.3. The third kappa shape index (κ3) is 10.2. The van der Waals surface area contributed by atoms with E-state index in [-0.39, 0.29) is 29.9 Å². The summed E-state index contributed by atoms with van der Waals surface area (Å²) in [5, 5.41) is 9.94. The highest BCUT2D eigenvalue weighted by Gasteiger charge is 2.09. The maximum atomic E-state index is 12.1. The van der Waals surface area contributed by atoms with Crippen LogP contribution in [0, 0.1) is 5.92 Å². The zero-order valence-corrected chi connectivity index (χ0v) is 19.2. The maximum Gasteiger partial charge on any atom is 0.252 e. The van der Waals surface area contributed by atoms with E-state index in [2.05, 4.69) is 41.7 Å². The van der Waals surface area contributed by atoms with Gasteiger partial charge in [-0.3, -0.25) is 9.79 Å². The Morgan fingerprint density at radius 2 is 1.85 bits per heavy atom. The largest absolute Gasteiger partial charge is 0.357 e. The van der Waals surface area contributed by atoms with Crippen molar-refractivity contribution in [3.05, 3.63) is 34.9 Å². The molecule has 0 fully saturated rings. The molecule has 0 aromatic heterocycles. The van der Waals surface area contributed by atoms with E-state index in [9.17, 15) is 4.79 Å². The van der Waals surface area contributed by atoms with Crippen molar-refractivity contribution >= 4 is 47.4 Å². The van der Waals surface area contributed by atoms with E-state index in [1.165, 1.54) is 6.42 Å². The fraction of sp³-hybridized carbons (Fsp3) is 0.579. The molecule has 7 heteroatoms. The monoisotopic (exact) mass is 494 g/mol. The molecule has 0 spiro atoms. The average molecular weight is 495 g/mol. The molecule has 1 aromatic carbocycles. The number of hydrogen-bond acceptors (Lipinski definition) is 2. The smallest absolute Gasteiger partial charge is 0.252 e. The van der Waals surface area contributed by atoms with E-state index in [0.29, 0.717) is 35.6 Å². The lowest BCUT2D eigenvalue weighted by Crippen LogP contribution is -2.42. The van der Waals surface area contributed by atoms with E-state index in [1.54, 1.807) is 24.3 Å². The minimum absolute atomic E-state index is 0. The fourth-order valence-corrected chi connectivity index (χ4v) is 2.51. The quantitative estimate of drug-likeness (QED) is 0.210. The number of nitrogens with zero attached hydrogens (tertiary/aromatic N) is 1. The molecule has 26 heavy (non-hydrogen) atoms. The molecule has 1 aromatic rings. The summed E-state index contributed by atoms with van der Waals surface area (Å²) in [4.78, 5) is 16.6. The van der Waals surface area contributed by atoms with Gasteiger partial charge >= 0.3 is 0 Å². The van der Waals surface area contributed by atoms with Crippen molar-refractivity contribution in [3.8, 4) is 0 Å². The number of guanidine groups is 1. The van der Waals surface area contributed by atoms with Crippen LogP contribution in [0.5, 0.6) is 0 Å². The zero-order chi connectivity index (χ0) is 18.7. The fourth-order valence-electron chi connectivity index (χ4n) is 2.29. The van der Waals surface area contributed by atoms with Gasteiger partial charge in [0.2, 0.25) is 0 Å². The first-order valence-electron chi connectivity index (χ1n) is 9.01. The van der Waals surface area contributed by atoms with Gasteiger partial charge in [0.25, 0.3) is 5.91 Å². The first-order valence-corrected chi connectivity index (χ1v) is 9.39. The van der Waals surface area contributed by atoms with Crippen molar-refractivity contribution in [3.63, 3.8) is 0 Å². The zero-order valence-electron chi connectivity index (χ0n) is 16.1. The molecule has 0 saturated heterocycles. The van der Waals surface area contributed by atoms with Crippen LogP contribution >= 0.6 is 35.6 Å². The lowest BCUT2D eigenvalue weighted by Gasteiger charge is -2.18. The minimum atomic E-state index is -0.177. The molecule has 0 heterocycles. The molecule has 0 aliphatic carbocycles. The molecule has 0 aliphatic rings. The Kier molecular flexibility index (Phi) is 13.5. The molecule has 1 unspecified atom stereocenters. The summed E-state index contributed by atoms with van der Waals surface area (Å²) in [6.45, 7) is 10.4. The third-order valence-corrected chi connectivity index (χ3v) is 4.02. The standard InChI is InChI=1S/C19H31ClN4O.HI/c1-5-21-19(24-15(4)11-10-14(2)3)23-13-12-22-18(25)16-8-6-7-9-17(16)20;/h6-9,14-15H,5,10-13H2,1-4H3,(H,22,25)(H2,21,23,24);1H. The van der Waals surface area contributed by atoms with Gasteiger partial charge in [-0.05, 0) is 44.7 Å². The number of benzene rings is 1. The van der Waals surface area contributed by atoms with Crippen LogP contribution in [0.3, 0.4) is 0 Å². The van der Waals surface area contributed by atoms with Gasteiger partial charge in [0, 0.05) is 19.1 Å². The van der Waals surface area contributed by atoms with Crippen molar-refractivity contribution in [2.45, 2.75) is 46.6 Å². The Hall–Kier alpha value is -1.02. The number of amides is 1. The highest BCUT2D eigenvalue weighted by atomic mass is 127. The summed E-state index contributed by atoms with van der Waals surface area (Å²) in [5.74, 6) is 1.30. The number of hydrogen-bond donors (Lipinski definition) is 3. The molecule has 0 bridgehead atoms. The van der Waals surface area contributed by atoms with Gasteiger partial charge in [-0.2, -0.15) is 0 Å². The average Bonchev–Trinajstić information content (AvgIpc) is 2.57. The molecule has 148 valence electrons. The predicted octanol–water partition coefficient (Wildman–Crippen LogP) is 4.07. The van der Waals surface area contributed by atoms with E-state index >= 15 is 0 Å². The lowest BCUT2D eigenvalue weighted by molar-refractivity contribution is 0.0955. The first kappa shape index (κ1) is 25.0. The molecule has 3 N–H and O–H groups in total. The van der Waals surface area contributed by atoms with Gasteiger partial charge in [0.05, 0.1) is 17.1 Å². The summed E-state index contributed by atoms with van der Waals surface area (Å²) in [6.07, 6.45) is 2.28. The van der Waals surface area contributed by atoms with E-state index < -0.39 is 0 Å². The number of halogens is 2. The number of nitrogens with one attached hydrogen (secondary N) is 3. The molecular formula is C19H32ClIN4O. The Balaban J connectivity index is 0.00000625. The third-order valence-electron chi connectivity index (χ3n) is 3.69. The van der Waals surface area contributed by atoms with Gasteiger partial charge in [-0.1, -0.05) is 37.6 Å². The second-order valence-electron chi connectivity index (χ2n) is 6.51. The second kappa shape index (κ2) is 14.1. The van der Waals surface area contributed by atoms with Crippen molar-refractivity contribution in [2.24, 2.45) is 10.9 Å². The van der Waals surface area contributed by atoms with Crippen LogP contribution < -0.4 is 16.0 Å². The Labute approximate surface area is 179 Å². The van der Waals surface area contributed by atoms with Crippen molar-refractivity contribution in [1.29, 1.82) is 0 Å². The summed E-state index contributed by atoms with van der Waals surface area (Å²) in [6, 6.07) is 7.38. The summed E-state index contributed by atoms with van der Waals surface area (Å²) in [7, 11) is 0. The number of carbonyl (C=O) groups is 1. The van der Waals surface area contributed by atoms with E-state index in [4.69, 9.17) is 11.6 Å². The molecule has 5 nitrogen and oxygen atoms in total. The molecule has 1 rings (SSSR count). The van der Waals surface area contributed by atoms with Crippen LogP contribution in [0.1, 0.15) is 50.9 Å².